The van der Waals surface area contributed by atoms with Crippen molar-refractivity contribution in [1.29, 1.82) is 0 Å². The van der Waals surface area contributed by atoms with Crippen molar-refractivity contribution in [3.63, 3.8) is 0 Å². The fourth-order valence-electron chi connectivity index (χ4n) is 1.58. The molecule has 1 heterocycles. The van der Waals surface area contributed by atoms with Crippen LogP contribution in [-0.4, -0.2) is 26.6 Å². The molecule has 1 fully saturated rings. The summed E-state index contributed by atoms with van der Waals surface area (Å²) >= 11 is 0. The summed E-state index contributed by atoms with van der Waals surface area (Å²) in [5, 5.41) is 0.290. The van der Waals surface area contributed by atoms with Gasteiger partial charge in [0.15, 0.2) is 8.32 Å². The van der Waals surface area contributed by atoms with Crippen LogP contribution in [0.4, 0.5) is 0 Å². The van der Waals surface area contributed by atoms with Gasteiger partial charge in [-0.1, -0.05) is 34.1 Å². The second-order valence-corrected chi connectivity index (χ2v) is 11.6. The summed E-state index contributed by atoms with van der Waals surface area (Å²) in [4.78, 5) is 0. The van der Waals surface area contributed by atoms with Gasteiger partial charge in [0.05, 0.1) is 12.7 Å². The molecule has 1 aliphatic heterocycles. The molecule has 0 aromatic rings. The average molecular weight is 244 g/mol. The molecule has 0 bridgehead atoms. The molecule has 0 unspecified atom stereocenters. The van der Waals surface area contributed by atoms with Crippen LogP contribution in [0, 0.1) is 0 Å². The van der Waals surface area contributed by atoms with Crippen molar-refractivity contribution in [1.82, 2.24) is 0 Å². The van der Waals surface area contributed by atoms with Crippen molar-refractivity contribution in [3.05, 3.63) is 0 Å². The zero-order valence-corrected chi connectivity index (χ0v) is 13.0. The van der Waals surface area contributed by atoms with Crippen LogP contribution in [-0.2, 0) is 9.16 Å². The summed E-state index contributed by atoms with van der Waals surface area (Å²) in [6, 6.07) is 0. The average Bonchev–Trinajstić information content (AvgIpc) is 2.74. The molecular weight excluding hydrogens is 216 g/mol. The van der Waals surface area contributed by atoms with Gasteiger partial charge < -0.3 is 9.16 Å². The summed E-state index contributed by atoms with van der Waals surface area (Å²) in [6.07, 6.45) is 2.79. The lowest BCUT2D eigenvalue weighted by Gasteiger charge is -2.36. The van der Waals surface area contributed by atoms with Gasteiger partial charge in [-0.05, 0) is 31.5 Å². The first kappa shape index (κ1) is 14.2. The maximum Gasteiger partial charge on any atom is 0.192 e. The Bertz CT molecular complexity index is 245. The molecule has 0 N–H and O–H groups in total. The standard InChI is InChI=1S/C13H28O2Si/c1-8-9-11-13(5,15-11)10-14-16(6,7)12(2,3)4/h11H,8-10H2,1-7H3/t11-,13-/m1/s1. The summed E-state index contributed by atoms with van der Waals surface area (Å²) in [7, 11) is -1.61. The van der Waals surface area contributed by atoms with Crippen LogP contribution in [0.3, 0.4) is 0 Å². The van der Waals surface area contributed by atoms with E-state index in [0.29, 0.717) is 11.1 Å². The van der Waals surface area contributed by atoms with Crippen molar-refractivity contribution in [2.45, 2.75) is 77.3 Å². The lowest BCUT2D eigenvalue weighted by molar-refractivity contribution is 0.187. The zero-order chi connectivity index (χ0) is 12.6. The highest BCUT2D eigenvalue weighted by Gasteiger charge is 2.53. The molecule has 0 aliphatic carbocycles. The van der Waals surface area contributed by atoms with Crippen molar-refractivity contribution in [2.24, 2.45) is 0 Å². The molecule has 0 aromatic heterocycles. The van der Waals surface area contributed by atoms with E-state index in [1.165, 1.54) is 6.42 Å². The summed E-state index contributed by atoms with van der Waals surface area (Å²) in [5.74, 6) is 0. The van der Waals surface area contributed by atoms with Gasteiger partial charge in [-0.25, -0.2) is 0 Å². The monoisotopic (exact) mass is 244 g/mol. The van der Waals surface area contributed by atoms with Crippen LogP contribution in [0.15, 0.2) is 0 Å². The number of hydrogen-bond acceptors (Lipinski definition) is 2. The number of hydrogen-bond donors (Lipinski definition) is 0. The van der Waals surface area contributed by atoms with Gasteiger partial charge >= 0.3 is 0 Å². The Morgan fingerprint density at radius 1 is 1.31 bits per heavy atom. The molecule has 1 aliphatic rings. The predicted molar refractivity (Wildman–Crippen MR) is 71.3 cm³/mol. The Morgan fingerprint density at radius 3 is 2.31 bits per heavy atom. The van der Waals surface area contributed by atoms with Crippen LogP contribution in [0.25, 0.3) is 0 Å². The van der Waals surface area contributed by atoms with Crippen LogP contribution < -0.4 is 0 Å². The quantitative estimate of drug-likeness (QED) is 0.539. The van der Waals surface area contributed by atoms with Gasteiger partial charge in [0.25, 0.3) is 0 Å². The van der Waals surface area contributed by atoms with Gasteiger partial charge in [-0.3, -0.25) is 0 Å². The van der Waals surface area contributed by atoms with Crippen molar-refractivity contribution in [3.8, 4) is 0 Å². The molecule has 96 valence electrons. The van der Waals surface area contributed by atoms with Crippen LogP contribution in [0.5, 0.6) is 0 Å². The van der Waals surface area contributed by atoms with E-state index in [1.54, 1.807) is 0 Å². The summed E-state index contributed by atoms with van der Waals surface area (Å²) in [6.45, 7) is 16.6. The Morgan fingerprint density at radius 2 is 1.88 bits per heavy atom. The predicted octanol–water partition coefficient (Wildman–Crippen LogP) is 3.97. The van der Waals surface area contributed by atoms with E-state index in [2.05, 4.69) is 47.7 Å². The highest BCUT2D eigenvalue weighted by molar-refractivity contribution is 6.74. The molecular formula is C13H28O2Si. The molecule has 3 heteroatoms. The molecule has 1 rings (SSSR count). The molecule has 16 heavy (non-hydrogen) atoms. The first-order chi connectivity index (χ1) is 7.12. The molecule has 0 amide bonds. The van der Waals surface area contributed by atoms with Gasteiger partial charge in [-0.2, -0.15) is 0 Å². The third-order valence-electron chi connectivity index (χ3n) is 4.11. The first-order valence-corrected chi connectivity index (χ1v) is 9.35. The third-order valence-corrected chi connectivity index (χ3v) is 8.59. The smallest absolute Gasteiger partial charge is 0.192 e. The van der Waals surface area contributed by atoms with Gasteiger partial charge in [-0.15, -0.1) is 0 Å². The maximum absolute atomic E-state index is 6.21. The number of rotatable bonds is 5. The molecule has 2 atom stereocenters. The van der Waals surface area contributed by atoms with Crippen LogP contribution >= 0.6 is 0 Å². The van der Waals surface area contributed by atoms with Crippen molar-refractivity contribution in [2.75, 3.05) is 6.61 Å². The Labute approximate surface area is 102 Å². The van der Waals surface area contributed by atoms with Gasteiger partial charge in [0, 0.05) is 0 Å². The maximum atomic E-state index is 6.21. The molecule has 0 saturated carbocycles. The minimum atomic E-state index is -1.61. The van der Waals surface area contributed by atoms with E-state index in [0.717, 1.165) is 13.0 Å². The lowest BCUT2D eigenvalue weighted by Crippen LogP contribution is -2.43. The van der Waals surface area contributed by atoms with E-state index in [1.807, 2.05) is 0 Å². The third kappa shape index (κ3) is 3.08. The normalized spacial score (nSPS) is 30.6. The minimum absolute atomic E-state index is 0.00549. The molecule has 1 saturated heterocycles. The van der Waals surface area contributed by atoms with Crippen molar-refractivity contribution < 1.29 is 9.16 Å². The minimum Gasteiger partial charge on any atom is -0.414 e. The largest absolute Gasteiger partial charge is 0.414 e. The van der Waals surface area contributed by atoms with E-state index >= 15 is 0 Å². The highest BCUT2D eigenvalue weighted by atomic mass is 28.4. The summed E-state index contributed by atoms with van der Waals surface area (Å²) < 4.78 is 12.0. The second kappa shape index (κ2) is 4.43. The van der Waals surface area contributed by atoms with Crippen LogP contribution in [0.1, 0.15) is 47.5 Å². The molecule has 2 nitrogen and oxygen atoms in total. The summed E-state index contributed by atoms with van der Waals surface area (Å²) in [5.41, 5.74) is 0.00549. The Kier molecular flexibility index (Phi) is 3.93. The van der Waals surface area contributed by atoms with E-state index in [-0.39, 0.29) is 5.60 Å². The second-order valence-electron chi connectivity index (χ2n) is 6.76. The number of epoxide rings is 1. The van der Waals surface area contributed by atoms with Crippen LogP contribution in [0.2, 0.25) is 18.1 Å². The van der Waals surface area contributed by atoms with Crippen molar-refractivity contribution >= 4 is 8.32 Å². The fourth-order valence-corrected chi connectivity index (χ4v) is 2.67. The fraction of sp³-hybridized carbons (Fsp3) is 1.00. The molecule has 0 radical (unpaired) electrons. The van der Waals surface area contributed by atoms with Gasteiger partial charge in [0.2, 0.25) is 0 Å². The number of ether oxygens (including phenoxy) is 1. The highest BCUT2D eigenvalue weighted by Crippen LogP contribution is 2.42. The van der Waals surface area contributed by atoms with Gasteiger partial charge in [0.1, 0.15) is 5.60 Å². The van der Waals surface area contributed by atoms with E-state index in [4.69, 9.17) is 9.16 Å². The van der Waals surface area contributed by atoms with E-state index < -0.39 is 8.32 Å². The lowest BCUT2D eigenvalue weighted by atomic mass is 10.1. The van der Waals surface area contributed by atoms with E-state index in [9.17, 15) is 0 Å². The molecule has 0 aromatic carbocycles. The molecule has 0 spiro atoms. The zero-order valence-electron chi connectivity index (χ0n) is 12.0. The SMILES string of the molecule is CCC[C@H]1O[C@]1(C)CO[Si](C)(C)C(C)(C)C. The topological polar surface area (TPSA) is 21.8 Å². The first-order valence-electron chi connectivity index (χ1n) is 6.44. The Balaban J connectivity index is 2.42. The Hall–Kier alpha value is 0.137.